The van der Waals surface area contributed by atoms with Gasteiger partial charge in [-0.05, 0) is 50.8 Å². The smallest absolute Gasteiger partial charge is 0.243 e. The normalized spacial score (nSPS) is 22.7. The topological polar surface area (TPSA) is 75.4 Å². The number of nitrogens with one attached hydrogen (secondary N) is 1. The number of aryl methyl sites for hydroxylation is 1. The van der Waals surface area contributed by atoms with Gasteiger partial charge in [-0.25, -0.2) is 0 Å². The Hall–Kier alpha value is -1.59. The molecule has 5 nitrogen and oxygen atoms in total. The summed E-state index contributed by atoms with van der Waals surface area (Å²) >= 11 is 0. The zero-order valence-corrected chi connectivity index (χ0v) is 16.4. The van der Waals surface area contributed by atoms with Gasteiger partial charge in [-0.15, -0.1) is 12.4 Å². The van der Waals surface area contributed by atoms with E-state index in [1.165, 1.54) is 4.90 Å². The van der Waals surface area contributed by atoms with Gasteiger partial charge in [0.1, 0.15) is 0 Å². The highest BCUT2D eigenvalue weighted by atomic mass is 35.5. The Labute approximate surface area is 156 Å². The van der Waals surface area contributed by atoms with Crippen molar-refractivity contribution in [3.8, 4) is 0 Å². The molecule has 0 spiro atoms. The maximum absolute atomic E-state index is 12.7. The molecule has 6 heteroatoms. The molecule has 2 amide bonds. The first-order valence-corrected chi connectivity index (χ1v) is 8.62. The predicted molar refractivity (Wildman–Crippen MR) is 104 cm³/mol. The van der Waals surface area contributed by atoms with Gasteiger partial charge in [0.2, 0.25) is 11.8 Å². The number of benzene rings is 1. The Morgan fingerprint density at radius 3 is 2.64 bits per heavy atom. The molecule has 1 aromatic carbocycles. The van der Waals surface area contributed by atoms with Crippen LogP contribution >= 0.6 is 12.4 Å². The number of halogens is 1. The largest absolute Gasteiger partial charge is 0.336 e. The summed E-state index contributed by atoms with van der Waals surface area (Å²) in [4.78, 5) is 26.5. The van der Waals surface area contributed by atoms with Crippen LogP contribution in [0.1, 0.15) is 43.7 Å². The van der Waals surface area contributed by atoms with Crippen LogP contribution in [0.4, 0.5) is 5.69 Å². The fourth-order valence-electron chi connectivity index (χ4n) is 3.40. The van der Waals surface area contributed by atoms with Crippen molar-refractivity contribution < 1.29 is 9.59 Å². The standard InChI is InChI=1S/C19H29N3O2.ClH/c1-13-8-7-10-16(14(13)2)21-17(23)12-22(4)18(24)15-9-5-6-11-19(15,3)20;/h7-8,10,15H,5-6,9,11-12,20H2,1-4H3,(H,21,23);1H. The Kier molecular flexibility index (Phi) is 7.44. The first kappa shape index (κ1) is 21.5. The van der Waals surface area contributed by atoms with E-state index in [0.717, 1.165) is 42.5 Å². The van der Waals surface area contributed by atoms with Crippen LogP contribution in [0.3, 0.4) is 0 Å². The summed E-state index contributed by atoms with van der Waals surface area (Å²) < 4.78 is 0. The molecular formula is C19H30ClN3O2. The molecule has 0 heterocycles. The SMILES string of the molecule is Cc1cccc(NC(=O)CN(C)C(=O)C2CCCCC2(C)N)c1C.Cl. The molecule has 1 saturated carbocycles. The lowest BCUT2D eigenvalue weighted by atomic mass is 9.74. The second-order valence-corrected chi connectivity index (χ2v) is 7.29. The van der Waals surface area contributed by atoms with E-state index >= 15 is 0 Å². The van der Waals surface area contributed by atoms with E-state index in [-0.39, 0.29) is 36.7 Å². The molecule has 2 unspecified atom stereocenters. The Morgan fingerprint density at radius 2 is 2.00 bits per heavy atom. The number of carbonyl (C=O) groups is 2. The zero-order valence-electron chi connectivity index (χ0n) is 15.6. The first-order valence-electron chi connectivity index (χ1n) is 8.62. The Balaban J connectivity index is 0.00000312. The first-order chi connectivity index (χ1) is 11.2. The molecule has 0 saturated heterocycles. The average Bonchev–Trinajstić information content (AvgIpc) is 2.50. The molecule has 140 valence electrons. The molecule has 1 fully saturated rings. The number of hydrogen-bond donors (Lipinski definition) is 2. The van der Waals surface area contributed by atoms with Crippen molar-refractivity contribution in [2.45, 2.75) is 52.0 Å². The van der Waals surface area contributed by atoms with Crippen molar-refractivity contribution >= 4 is 29.9 Å². The number of hydrogen-bond acceptors (Lipinski definition) is 3. The second-order valence-electron chi connectivity index (χ2n) is 7.29. The van der Waals surface area contributed by atoms with E-state index in [9.17, 15) is 9.59 Å². The van der Waals surface area contributed by atoms with Crippen molar-refractivity contribution in [3.05, 3.63) is 29.3 Å². The minimum atomic E-state index is -0.479. The number of nitrogens with zero attached hydrogens (tertiary/aromatic N) is 1. The van der Waals surface area contributed by atoms with Crippen LogP contribution in [0.15, 0.2) is 18.2 Å². The summed E-state index contributed by atoms with van der Waals surface area (Å²) in [6.07, 6.45) is 3.74. The highest BCUT2D eigenvalue weighted by Crippen LogP contribution is 2.32. The summed E-state index contributed by atoms with van der Waals surface area (Å²) in [6.45, 7) is 5.96. The van der Waals surface area contributed by atoms with Crippen molar-refractivity contribution in [2.75, 3.05) is 18.9 Å². The molecule has 1 aliphatic rings. The van der Waals surface area contributed by atoms with E-state index in [0.29, 0.717) is 0 Å². The van der Waals surface area contributed by atoms with E-state index in [1.54, 1.807) is 7.05 Å². The summed E-state index contributed by atoms with van der Waals surface area (Å²) in [5.74, 6) is -0.422. The van der Waals surface area contributed by atoms with E-state index in [2.05, 4.69) is 5.32 Å². The monoisotopic (exact) mass is 367 g/mol. The quantitative estimate of drug-likeness (QED) is 0.858. The third kappa shape index (κ3) is 5.19. The van der Waals surface area contributed by atoms with E-state index in [1.807, 2.05) is 39.0 Å². The van der Waals surface area contributed by atoms with E-state index in [4.69, 9.17) is 5.73 Å². The summed E-state index contributed by atoms with van der Waals surface area (Å²) in [5.41, 5.74) is 8.78. The summed E-state index contributed by atoms with van der Waals surface area (Å²) in [6, 6.07) is 5.79. The van der Waals surface area contributed by atoms with Gasteiger partial charge >= 0.3 is 0 Å². The highest BCUT2D eigenvalue weighted by Gasteiger charge is 2.39. The molecule has 1 aliphatic carbocycles. The van der Waals surface area contributed by atoms with Gasteiger partial charge in [0.25, 0.3) is 0 Å². The van der Waals surface area contributed by atoms with Crippen LogP contribution in [0.5, 0.6) is 0 Å². The van der Waals surface area contributed by atoms with Gasteiger partial charge in [-0.2, -0.15) is 0 Å². The zero-order chi connectivity index (χ0) is 17.9. The lowest BCUT2D eigenvalue weighted by molar-refractivity contribution is -0.139. The Bertz CT molecular complexity index is 631. The number of nitrogens with two attached hydrogens (primary N) is 1. The van der Waals surface area contributed by atoms with E-state index < -0.39 is 5.54 Å². The number of amides is 2. The minimum absolute atomic E-state index is 0. The lowest BCUT2D eigenvalue weighted by Gasteiger charge is -2.39. The van der Waals surface area contributed by atoms with Crippen molar-refractivity contribution in [1.82, 2.24) is 4.90 Å². The van der Waals surface area contributed by atoms with Crippen molar-refractivity contribution in [1.29, 1.82) is 0 Å². The molecule has 3 N–H and O–H groups in total. The minimum Gasteiger partial charge on any atom is -0.336 e. The lowest BCUT2D eigenvalue weighted by Crippen LogP contribution is -2.53. The second kappa shape index (κ2) is 8.68. The van der Waals surface area contributed by atoms with Crippen LogP contribution < -0.4 is 11.1 Å². The van der Waals surface area contributed by atoms with Gasteiger partial charge in [-0.3, -0.25) is 9.59 Å². The number of anilines is 1. The van der Waals surface area contributed by atoms with Crippen LogP contribution in [0.2, 0.25) is 0 Å². The summed E-state index contributed by atoms with van der Waals surface area (Å²) in [5, 5.41) is 2.90. The molecular weight excluding hydrogens is 338 g/mol. The molecule has 2 atom stereocenters. The third-order valence-electron chi connectivity index (χ3n) is 5.19. The van der Waals surface area contributed by atoms with Gasteiger partial charge in [-0.1, -0.05) is 25.0 Å². The van der Waals surface area contributed by atoms with Crippen molar-refractivity contribution in [3.63, 3.8) is 0 Å². The van der Waals surface area contributed by atoms with Crippen molar-refractivity contribution in [2.24, 2.45) is 11.7 Å². The van der Waals surface area contributed by atoms with Crippen LogP contribution in [-0.4, -0.2) is 35.8 Å². The van der Waals surface area contributed by atoms with Crippen LogP contribution in [0.25, 0.3) is 0 Å². The van der Waals surface area contributed by atoms with Gasteiger partial charge in [0.15, 0.2) is 0 Å². The molecule has 0 bridgehead atoms. The van der Waals surface area contributed by atoms with Gasteiger partial charge in [0.05, 0.1) is 12.5 Å². The number of carbonyl (C=O) groups excluding carboxylic acids is 2. The molecule has 25 heavy (non-hydrogen) atoms. The maximum atomic E-state index is 12.7. The highest BCUT2D eigenvalue weighted by molar-refractivity contribution is 5.95. The van der Waals surface area contributed by atoms with Crippen LogP contribution in [-0.2, 0) is 9.59 Å². The van der Waals surface area contributed by atoms with Gasteiger partial charge < -0.3 is 16.0 Å². The average molecular weight is 368 g/mol. The fourth-order valence-corrected chi connectivity index (χ4v) is 3.40. The Morgan fingerprint density at radius 1 is 1.32 bits per heavy atom. The number of rotatable bonds is 4. The van der Waals surface area contributed by atoms with Crippen LogP contribution in [0, 0.1) is 19.8 Å². The molecule has 0 aromatic heterocycles. The predicted octanol–water partition coefficient (Wildman–Crippen LogP) is 3.03. The number of likely N-dealkylation sites (N-methyl/N-ethyl adjacent to an activating group) is 1. The maximum Gasteiger partial charge on any atom is 0.243 e. The van der Waals surface area contributed by atoms with Gasteiger partial charge in [0, 0.05) is 18.3 Å². The molecule has 0 radical (unpaired) electrons. The molecule has 1 aromatic rings. The molecule has 0 aliphatic heterocycles. The molecule has 2 rings (SSSR count). The third-order valence-corrected chi connectivity index (χ3v) is 5.19. The fraction of sp³-hybridized carbons (Fsp3) is 0.579. The summed E-state index contributed by atoms with van der Waals surface area (Å²) in [7, 11) is 1.68.